The fourth-order valence-electron chi connectivity index (χ4n) is 1.23. The zero-order valence-electron chi connectivity index (χ0n) is 10.6. The van der Waals surface area contributed by atoms with E-state index >= 15 is 0 Å². The zero-order valence-corrected chi connectivity index (χ0v) is 12.2. The number of urea groups is 1. The lowest BCUT2D eigenvalue weighted by molar-refractivity contribution is 0.243. The van der Waals surface area contributed by atoms with Crippen molar-refractivity contribution in [3.63, 3.8) is 0 Å². The fourth-order valence-corrected chi connectivity index (χ4v) is 1.50. The Kier molecular flexibility index (Phi) is 6.46. The van der Waals surface area contributed by atoms with E-state index in [1.165, 1.54) is 0 Å². The maximum absolute atomic E-state index is 11.4. The van der Waals surface area contributed by atoms with Gasteiger partial charge in [0.1, 0.15) is 0 Å². The molecule has 0 aliphatic heterocycles. The highest BCUT2D eigenvalue weighted by molar-refractivity contribution is 9.10. The summed E-state index contributed by atoms with van der Waals surface area (Å²) in [4.78, 5) is 13.4. The van der Waals surface area contributed by atoms with Gasteiger partial charge in [-0.1, -0.05) is 28.1 Å². The van der Waals surface area contributed by atoms with Crippen molar-refractivity contribution in [1.82, 2.24) is 15.5 Å². The van der Waals surface area contributed by atoms with E-state index in [2.05, 4.69) is 26.6 Å². The molecule has 0 atom stereocenters. The quantitative estimate of drug-likeness (QED) is 0.876. The van der Waals surface area contributed by atoms with Gasteiger partial charge >= 0.3 is 6.03 Å². The van der Waals surface area contributed by atoms with E-state index in [1.807, 2.05) is 49.3 Å². The number of nitrogens with one attached hydrogen (secondary N) is 2. The van der Waals surface area contributed by atoms with Gasteiger partial charge in [0.05, 0.1) is 0 Å². The molecule has 1 aromatic rings. The highest BCUT2D eigenvalue weighted by Crippen LogP contribution is 2.10. The lowest BCUT2D eigenvalue weighted by atomic mass is 10.2. The third kappa shape index (κ3) is 6.42. The zero-order chi connectivity index (χ0) is 13.4. The van der Waals surface area contributed by atoms with Crippen molar-refractivity contribution in [2.24, 2.45) is 0 Å². The Bertz CT molecular complexity index is 401. The Morgan fingerprint density at radius 3 is 2.61 bits per heavy atom. The molecule has 0 heterocycles. The topological polar surface area (TPSA) is 44.4 Å². The highest BCUT2D eigenvalue weighted by Gasteiger charge is 1.96. The summed E-state index contributed by atoms with van der Waals surface area (Å²) in [5.41, 5.74) is 1.03. The summed E-state index contributed by atoms with van der Waals surface area (Å²) in [5, 5.41) is 5.42. The largest absolute Gasteiger partial charge is 0.337 e. The van der Waals surface area contributed by atoms with Gasteiger partial charge in [-0.2, -0.15) is 0 Å². The van der Waals surface area contributed by atoms with Gasteiger partial charge in [0, 0.05) is 23.8 Å². The molecule has 2 N–H and O–H groups in total. The molecule has 0 radical (unpaired) electrons. The monoisotopic (exact) mass is 311 g/mol. The Balaban J connectivity index is 2.27. The summed E-state index contributed by atoms with van der Waals surface area (Å²) in [6.07, 6.45) is 3.48. The fraction of sp³-hybridized carbons (Fsp3) is 0.308. The van der Waals surface area contributed by atoms with Gasteiger partial charge in [0.15, 0.2) is 0 Å². The molecular weight excluding hydrogens is 294 g/mol. The van der Waals surface area contributed by atoms with Crippen LogP contribution in [-0.4, -0.2) is 38.1 Å². The molecule has 0 spiro atoms. The standard InChI is InChI=1S/C13H18BrN3O/c1-17(2)10-9-16-13(18)15-8-7-11-3-5-12(14)6-4-11/h3-8H,9-10H2,1-2H3,(H2,15,16,18)/b8-7+. The van der Waals surface area contributed by atoms with Gasteiger partial charge in [0.25, 0.3) is 0 Å². The number of halogens is 1. The van der Waals surface area contributed by atoms with Gasteiger partial charge in [-0.05, 0) is 37.9 Å². The van der Waals surface area contributed by atoms with E-state index in [1.54, 1.807) is 6.20 Å². The van der Waals surface area contributed by atoms with Crippen molar-refractivity contribution in [3.8, 4) is 0 Å². The summed E-state index contributed by atoms with van der Waals surface area (Å²) >= 11 is 3.37. The third-order valence-corrected chi connectivity index (χ3v) is 2.73. The number of hydrogen-bond acceptors (Lipinski definition) is 2. The second-order valence-corrected chi connectivity index (χ2v) is 5.00. The van der Waals surface area contributed by atoms with Gasteiger partial charge in [-0.15, -0.1) is 0 Å². The van der Waals surface area contributed by atoms with Crippen LogP contribution in [0.1, 0.15) is 5.56 Å². The smallest absolute Gasteiger partial charge is 0.318 e. The van der Waals surface area contributed by atoms with Crippen LogP contribution in [0.2, 0.25) is 0 Å². The Morgan fingerprint density at radius 1 is 1.33 bits per heavy atom. The third-order valence-electron chi connectivity index (χ3n) is 2.20. The molecule has 0 aromatic heterocycles. The number of nitrogens with zero attached hydrogens (tertiary/aromatic N) is 1. The van der Waals surface area contributed by atoms with Crippen LogP contribution >= 0.6 is 15.9 Å². The summed E-state index contributed by atoms with van der Waals surface area (Å²) in [5.74, 6) is 0. The second-order valence-electron chi connectivity index (χ2n) is 4.09. The van der Waals surface area contributed by atoms with E-state index in [0.29, 0.717) is 6.54 Å². The molecular formula is C13H18BrN3O. The number of likely N-dealkylation sites (N-methyl/N-ethyl adjacent to an activating group) is 1. The number of carbonyl (C=O) groups is 1. The van der Waals surface area contributed by atoms with Crippen molar-refractivity contribution in [2.45, 2.75) is 0 Å². The van der Waals surface area contributed by atoms with Gasteiger partial charge < -0.3 is 15.5 Å². The SMILES string of the molecule is CN(C)CCNC(=O)N/C=C/c1ccc(Br)cc1. The number of rotatable bonds is 5. The van der Waals surface area contributed by atoms with Crippen LogP contribution in [0.3, 0.4) is 0 Å². The van der Waals surface area contributed by atoms with Crippen molar-refractivity contribution in [3.05, 3.63) is 40.5 Å². The van der Waals surface area contributed by atoms with Crippen LogP contribution in [0, 0.1) is 0 Å². The lowest BCUT2D eigenvalue weighted by Crippen LogP contribution is -2.36. The van der Waals surface area contributed by atoms with Crippen LogP contribution in [-0.2, 0) is 0 Å². The molecule has 4 nitrogen and oxygen atoms in total. The van der Waals surface area contributed by atoms with Crippen LogP contribution < -0.4 is 10.6 Å². The number of benzene rings is 1. The van der Waals surface area contributed by atoms with E-state index in [0.717, 1.165) is 16.6 Å². The van der Waals surface area contributed by atoms with Gasteiger partial charge in [0.2, 0.25) is 0 Å². The maximum atomic E-state index is 11.4. The van der Waals surface area contributed by atoms with Crippen molar-refractivity contribution in [1.29, 1.82) is 0 Å². The molecule has 1 rings (SSSR count). The van der Waals surface area contributed by atoms with Crippen LogP contribution in [0.5, 0.6) is 0 Å². The van der Waals surface area contributed by atoms with E-state index < -0.39 is 0 Å². The van der Waals surface area contributed by atoms with Crippen LogP contribution in [0.25, 0.3) is 6.08 Å². The summed E-state index contributed by atoms with van der Waals surface area (Å²) in [7, 11) is 3.93. The molecule has 0 aliphatic carbocycles. The minimum Gasteiger partial charge on any atom is -0.337 e. The lowest BCUT2D eigenvalue weighted by Gasteiger charge is -2.09. The minimum absolute atomic E-state index is 0.190. The highest BCUT2D eigenvalue weighted by atomic mass is 79.9. The Hall–Kier alpha value is -1.33. The van der Waals surface area contributed by atoms with E-state index in [9.17, 15) is 4.79 Å². The molecule has 0 aliphatic rings. The molecule has 0 unspecified atom stereocenters. The maximum Gasteiger partial charge on any atom is 0.318 e. The number of hydrogen-bond donors (Lipinski definition) is 2. The number of amides is 2. The van der Waals surface area contributed by atoms with Crippen LogP contribution in [0.15, 0.2) is 34.9 Å². The predicted octanol–water partition coefficient (Wildman–Crippen LogP) is 2.28. The molecule has 0 bridgehead atoms. The van der Waals surface area contributed by atoms with E-state index in [-0.39, 0.29) is 6.03 Å². The summed E-state index contributed by atoms with van der Waals surface area (Å²) in [6.45, 7) is 1.45. The normalized spacial score (nSPS) is 10.9. The first-order chi connectivity index (χ1) is 8.58. The average Bonchev–Trinajstić information content (AvgIpc) is 2.31. The molecule has 2 amide bonds. The van der Waals surface area contributed by atoms with Gasteiger partial charge in [-0.25, -0.2) is 4.79 Å². The Morgan fingerprint density at radius 2 is 2.00 bits per heavy atom. The minimum atomic E-state index is -0.190. The molecule has 1 aromatic carbocycles. The molecule has 5 heteroatoms. The molecule has 98 valence electrons. The van der Waals surface area contributed by atoms with Crippen molar-refractivity contribution >= 4 is 28.0 Å². The van der Waals surface area contributed by atoms with Crippen LogP contribution in [0.4, 0.5) is 4.79 Å². The Labute approximate surface area is 116 Å². The molecule has 0 fully saturated rings. The summed E-state index contributed by atoms with van der Waals surface area (Å²) in [6, 6.07) is 7.65. The van der Waals surface area contributed by atoms with Crippen molar-refractivity contribution < 1.29 is 4.79 Å². The molecule has 18 heavy (non-hydrogen) atoms. The summed E-state index contributed by atoms with van der Waals surface area (Å²) < 4.78 is 1.04. The first kappa shape index (κ1) is 14.7. The van der Waals surface area contributed by atoms with Gasteiger partial charge in [-0.3, -0.25) is 0 Å². The molecule has 0 saturated carbocycles. The van der Waals surface area contributed by atoms with Crippen molar-refractivity contribution in [2.75, 3.05) is 27.2 Å². The second kappa shape index (κ2) is 7.89. The van der Waals surface area contributed by atoms with E-state index in [4.69, 9.17) is 0 Å². The predicted molar refractivity (Wildman–Crippen MR) is 78.3 cm³/mol. The average molecular weight is 312 g/mol. The molecule has 0 saturated heterocycles. The first-order valence-electron chi connectivity index (χ1n) is 5.69. The first-order valence-corrected chi connectivity index (χ1v) is 6.48. The number of carbonyl (C=O) groups excluding carboxylic acids is 1.